The predicted molar refractivity (Wildman–Crippen MR) is 69.4 cm³/mol. The van der Waals surface area contributed by atoms with Gasteiger partial charge in [0.2, 0.25) is 0 Å². The van der Waals surface area contributed by atoms with E-state index in [1.807, 2.05) is 36.4 Å². The third kappa shape index (κ3) is 2.18. The van der Waals surface area contributed by atoms with E-state index >= 15 is 0 Å². The van der Waals surface area contributed by atoms with Gasteiger partial charge in [-0.3, -0.25) is 0 Å². The molecular formula is C12H12Cl2N2. The molecule has 0 aliphatic heterocycles. The van der Waals surface area contributed by atoms with Crippen molar-refractivity contribution in [2.24, 2.45) is 5.73 Å². The second-order valence-corrected chi connectivity index (χ2v) is 5.27. The van der Waals surface area contributed by atoms with Gasteiger partial charge in [-0.25, -0.2) is 0 Å². The standard InChI is InChI=1S/C12H12Cl2N2/c13-12(14)7-10(16)5-6-11(12)8-1-3-9(15)4-2-8/h1-7,11H,15-16H2. The Morgan fingerprint density at radius 1 is 1.06 bits per heavy atom. The molecular weight excluding hydrogens is 243 g/mol. The monoisotopic (exact) mass is 254 g/mol. The maximum absolute atomic E-state index is 6.23. The van der Waals surface area contributed by atoms with Gasteiger partial charge in [0.05, 0.1) is 0 Å². The maximum Gasteiger partial charge on any atom is 0.148 e. The number of nitrogens with two attached hydrogens (primary N) is 2. The molecule has 1 aromatic rings. The molecule has 16 heavy (non-hydrogen) atoms. The van der Waals surface area contributed by atoms with Crippen molar-refractivity contribution < 1.29 is 0 Å². The lowest BCUT2D eigenvalue weighted by Crippen LogP contribution is -2.24. The number of halogens is 2. The minimum atomic E-state index is -1.01. The van der Waals surface area contributed by atoms with Crippen LogP contribution >= 0.6 is 23.2 Å². The lowest BCUT2D eigenvalue weighted by atomic mass is 9.90. The lowest BCUT2D eigenvalue weighted by molar-refractivity contribution is 0.793. The highest BCUT2D eigenvalue weighted by atomic mass is 35.5. The van der Waals surface area contributed by atoms with E-state index in [0.29, 0.717) is 11.4 Å². The normalized spacial score (nSPS) is 22.9. The van der Waals surface area contributed by atoms with E-state index in [4.69, 9.17) is 34.7 Å². The molecule has 0 saturated heterocycles. The van der Waals surface area contributed by atoms with Crippen LogP contribution < -0.4 is 11.5 Å². The van der Waals surface area contributed by atoms with Crippen molar-refractivity contribution >= 4 is 28.9 Å². The van der Waals surface area contributed by atoms with Crippen LogP contribution in [-0.4, -0.2) is 4.33 Å². The molecule has 1 aromatic carbocycles. The molecule has 1 atom stereocenters. The first kappa shape index (κ1) is 11.4. The van der Waals surface area contributed by atoms with Crippen molar-refractivity contribution in [1.82, 2.24) is 0 Å². The molecule has 0 radical (unpaired) electrons. The van der Waals surface area contributed by atoms with Gasteiger partial charge < -0.3 is 11.5 Å². The molecule has 0 spiro atoms. The molecule has 0 heterocycles. The van der Waals surface area contributed by atoms with Gasteiger partial charge in [0.25, 0.3) is 0 Å². The summed E-state index contributed by atoms with van der Waals surface area (Å²) in [5.41, 5.74) is 13.6. The zero-order chi connectivity index (χ0) is 11.8. The topological polar surface area (TPSA) is 52.0 Å². The Balaban J connectivity index is 2.36. The van der Waals surface area contributed by atoms with E-state index in [0.717, 1.165) is 5.56 Å². The third-order valence-corrected chi connectivity index (χ3v) is 3.24. The van der Waals surface area contributed by atoms with Crippen LogP contribution in [0.15, 0.2) is 48.2 Å². The van der Waals surface area contributed by atoms with Crippen LogP contribution in [0.4, 0.5) is 5.69 Å². The van der Waals surface area contributed by atoms with Crippen molar-refractivity contribution in [3.8, 4) is 0 Å². The summed E-state index contributed by atoms with van der Waals surface area (Å²) in [6.45, 7) is 0. The summed E-state index contributed by atoms with van der Waals surface area (Å²) in [7, 11) is 0. The summed E-state index contributed by atoms with van der Waals surface area (Å²) in [4.78, 5) is 0. The first-order chi connectivity index (χ1) is 7.49. The minimum Gasteiger partial charge on any atom is -0.399 e. The first-order valence-corrected chi connectivity index (χ1v) is 5.64. The number of alkyl halides is 2. The maximum atomic E-state index is 6.23. The zero-order valence-corrected chi connectivity index (χ0v) is 10.0. The van der Waals surface area contributed by atoms with E-state index in [-0.39, 0.29) is 5.92 Å². The van der Waals surface area contributed by atoms with Crippen molar-refractivity contribution in [2.75, 3.05) is 5.73 Å². The van der Waals surface area contributed by atoms with Gasteiger partial charge in [-0.15, -0.1) is 0 Å². The second kappa shape index (κ2) is 4.04. The molecule has 2 rings (SSSR count). The molecule has 2 nitrogen and oxygen atoms in total. The average molecular weight is 255 g/mol. The van der Waals surface area contributed by atoms with E-state index in [2.05, 4.69) is 0 Å². The molecule has 4 N–H and O–H groups in total. The highest BCUT2D eigenvalue weighted by Gasteiger charge is 2.34. The van der Waals surface area contributed by atoms with Crippen molar-refractivity contribution in [3.05, 3.63) is 53.8 Å². The summed E-state index contributed by atoms with van der Waals surface area (Å²) in [6, 6.07) is 7.49. The fourth-order valence-corrected chi connectivity index (χ4v) is 2.38. The predicted octanol–water partition coefficient (Wildman–Crippen LogP) is 2.94. The lowest BCUT2D eigenvalue weighted by Gasteiger charge is -2.28. The number of rotatable bonds is 1. The summed E-state index contributed by atoms with van der Waals surface area (Å²) in [6.07, 6.45) is 5.36. The third-order valence-electron chi connectivity index (χ3n) is 2.55. The second-order valence-electron chi connectivity index (χ2n) is 3.82. The number of hydrogen-bond acceptors (Lipinski definition) is 2. The summed E-state index contributed by atoms with van der Waals surface area (Å²) in [5.74, 6) is -0.108. The van der Waals surface area contributed by atoms with Crippen LogP contribution in [0, 0.1) is 0 Å². The number of benzene rings is 1. The van der Waals surface area contributed by atoms with Crippen molar-refractivity contribution in [3.63, 3.8) is 0 Å². The molecule has 1 unspecified atom stereocenters. The van der Waals surface area contributed by atoms with Gasteiger partial charge >= 0.3 is 0 Å². The van der Waals surface area contributed by atoms with Gasteiger partial charge in [0.15, 0.2) is 0 Å². The highest BCUT2D eigenvalue weighted by molar-refractivity contribution is 6.50. The molecule has 0 fully saturated rings. The molecule has 84 valence electrons. The van der Waals surface area contributed by atoms with Gasteiger partial charge in [-0.2, -0.15) is 0 Å². The number of hydrogen-bond donors (Lipinski definition) is 2. The Morgan fingerprint density at radius 2 is 1.69 bits per heavy atom. The fraction of sp³-hybridized carbons (Fsp3) is 0.167. The quantitative estimate of drug-likeness (QED) is 0.598. The van der Waals surface area contributed by atoms with E-state index in [9.17, 15) is 0 Å². The van der Waals surface area contributed by atoms with Crippen LogP contribution in [0.3, 0.4) is 0 Å². The van der Waals surface area contributed by atoms with Gasteiger partial charge in [0, 0.05) is 17.3 Å². The largest absolute Gasteiger partial charge is 0.399 e. The molecule has 0 bridgehead atoms. The van der Waals surface area contributed by atoms with Crippen LogP contribution in [0.5, 0.6) is 0 Å². The van der Waals surface area contributed by atoms with Crippen molar-refractivity contribution in [2.45, 2.75) is 10.3 Å². The Kier molecular flexibility index (Phi) is 2.87. The SMILES string of the molecule is NC1=CC(Cl)(Cl)C(c2ccc(N)cc2)C=C1. The molecule has 4 heteroatoms. The highest BCUT2D eigenvalue weighted by Crippen LogP contribution is 2.42. The molecule has 1 aliphatic rings. The summed E-state index contributed by atoms with van der Waals surface area (Å²) in [5, 5.41) is 0. The average Bonchev–Trinajstić information content (AvgIpc) is 2.18. The van der Waals surface area contributed by atoms with Crippen LogP contribution in [0.25, 0.3) is 0 Å². The smallest absolute Gasteiger partial charge is 0.148 e. The minimum absolute atomic E-state index is 0.108. The Bertz CT molecular complexity index is 447. The zero-order valence-electron chi connectivity index (χ0n) is 8.53. The van der Waals surface area contributed by atoms with E-state index in [1.165, 1.54) is 0 Å². The molecule has 0 saturated carbocycles. The Morgan fingerprint density at radius 3 is 2.25 bits per heavy atom. The fourth-order valence-electron chi connectivity index (χ4n) is 1.73. The van der Waals surface area contributed by atoms with Gasteiger partial charge in [-0.05, 0) is 29.8 Å². The van der Waals surface area contributed by atoms with E-state index in [1.54, 1.807) is 6.08 Å². The first-order valence-electron chi connectivity index (χ1n) is 4.89. The van der Waals surface area contributed by atoms with Crippen LogP contribution in [-0.2, 0) is 0 Å². The Labute approximate surface area is 105 Å². The number of allylic oxidation sites excluding steroid dienone is 3. The Hall–Kier alpha value is -1.12. The molecule has 1 aliphatic carbocycles. The molecule has 0 aromatic heterocycles. The van der Waals surface area contributed by atoms with Crippen LogP contribution in [0.1, 0.15) is 11.5 Å². The molecule has 0 amide bonds. The number of nitrogen functional groups attached to an aromatic ring is 1. The van der Waals surface area contributed by atoms with E-state index < -0.39 is 4.33 Å². The number of anilines is 1. The van der Waals surface area contributed by atoms with Gasteiger partial charge in [0.1, 0.15) is 4.33 Å². The van der Waals surface area contributed by atoms with Crippen LogP contribution in [0.2, 0.25) is 0 Å². The van der Waals surface area contributed by atoms with Crippen molar-refractivity contribution in [1.29, 1.82) is 0 Å². The summed E-state index contributed by atoms with van der Waals surface area (Å²) >= 11 is 12.5. The van der Waals surface area contributed by atoms with Gasteiger partial charge in [-0.1, -0.05) is 41.4 Å². The summed E-state index contributed by atoms with van der Waals surface area (Å²) < 4.78 is -1.01.